The topological polar surface area (TPSA) is 89.5 Å². The number of esters is 2. The number of ether oxygens (including phenoxy) is 6. The summed E-state index contributed by atoms with van der Waals surface area (Å²) in [6.45, 7) is 0.169. The second-order valence-corrected chi connectivity index (χ2v) is 8.43. The number of methoxy groups -OCH3 is 1. The molecule has 3 aromatic carbocycles. The zero-order valence-corrected chi connectivity index (χ0v) is 19.6. The number of hydrogen-bond donors (Lipinski definition) is 0. The smallest absolute Gasteiger partial charge is 0.338 e. The van der Waals surface area contributed by atoms with Gasteiger partial charge in [-0.25, -0.2) is 9.59 Å². The number of carbonyl (C=O) groups excluding carboxylic acids is 2. The molecule has 1 unspecified atom stereocenters. The highest BCUT2D eigenvalue weighted by molar-refractivity contribution is 5.90. The maximum Gasteiger partial charge on any atom is 0.338 e. The molecule has 0 aliphatic carbocycles. The quantitative estimate of drug-likeness (QED) is 0.481. The Morgan fingerprint density at radius 1 is 0.722 bits per heavy atom. The van der Waals surface area contributed by atoms with Crippen molar-refractivity contribution < 1.29 is 38.0 Å². The third-order valence-corrected chi connectivity index (χ3v) is 6.09. The van der Waals surface area contributed by atoms with Gasteiger partial charge < -0.3 is 28.4 Å². The van der Waals surface area contributed by atoms with Crippen LogP contribution in [0.2, 0.25) is 0 Å². The molecule has 0 spiro atoms. The minimum Gasteiger partial charge on any atom is -0.452 e. The fourth-order valence-electron chi connectivity index (χ4n) is 4.31. The zero-order chi connectivity index (χ0) is 24.9. The predicted octanol–water partition coefficient (Wildman–Crippen LogP) is 3.92. The Balaban J connectivity index is 1.46. The van der Waals surface area contributed by atoms with Crippen LogP contribution in [0.4, 0.5) is 0 Å². The minimum atomic E-state index is -1.09. The van der Waals surface area contributed by atoms with Gasteiger partial charge in [0.05, 0.1) is 17.7 Å². The number of hydrogen-bond acceptors (Lipinski definition) is 8. The predicted molar refractivity (Wildman–Crippen MR) is 127 cm³/mol. The molecule has 0 N–H and O–H groups in total. The maximum absolute atomic E-state index is 13.1. The summed E-state index contributed by atoms with van der Waals surface area (Å²) in [4.78, 5) is 26.1. The van der Waals surface area contributed by atoms with E-state index in [0.29, 0.717) is 11.1 Å². The molecule has 0 bridgehead atoms. The lowest BCUT2D eigenvalue weighted by atomic mass is 9.97. The first-order chi connectivity index (χ1) is 17.6. The third-order valence-electron chi connectivity index (χ3n) is 6.09. The highest BCUT2D eigenvalue weighted by atomic mass is 16.8. The van der Waals surface area contributed by atoms with E-state index in [0.717, 1.165) is 5.56 Å². The summed E-state index contributed by atoms with van der Waals surface area (Å²) in [6, 6.07) is 26.5. The fraction of sp³-hybridized carbons (Fsp3) is 0.286. The van der Waals surface area contributed by atoms with Crippen LogP contribution in [0, 0.1) is 0 Å². The van der Waals surface area contributed by atoms with Crippen LogP contribution in [0.25, 0.3) is 0 Å². The first-order valence-electron chi connectivity index (χ1n) is 11.7. The van der Waals surface area contributed by atoms with Gasteiger partial charge in [0.25, 0.3) is 0 Å². The Hall–Kier alpha value is -3.56. The summed E-state index contributed by atoms with van der Waals surface area (Å²) in [7, 11) is 1.43. The van der Waals surface area contributed by atoms with Crippen molar-refractivity contribution >= 4 is 11.9 Å². The Kier molecular flexibility index (Phi) is 7.39. The molecule has 2 aliphatic rings. The van der Waals surface area contributed by atoms with E-state index in [1.165, 1.54) is 7.11 Å². The maximum atomic E-state index is 13.1. The van der Waals surface area contributed by atoms with Gasteiger partial charge in [0, 0.05) is 12.7 Å². The second-order valence-electron chi connectivity index (χ2n) is 8.43. The Labute approximate surface area is 208 Å². The number of benzene rings is 3. The Morgan fingerprint density at radius 3 is 1.81 bits per heavy atom. The van der Waals surface area contributed by atoms with Gasteiger partial charge in [-0.3, -0.25) is 0 Å². The van der Waals surface area contributed by atoms with Crippen LogP contribution in [0.3, 0.4) is 0 Å². The van der Waals surface area contributed by atoms with E-state index in [1.54, 1.807) is 60.7 Å². The molecule has 2 aliphatic heterocycles. The van der Waals surface area contributed by atoms with Crippen molar-refractivity contribution in [2.24, 2.45) is 0 Å². The van der Waals surface area contributed by atoms with E-state index in [1.807, 2.05) is 30.3 Å². The Bertz CT molecular complexity index is 1150. The summed E-state index contributed by atoms with van der Waals surface area (Å²) in [6.07, 6.45) is -5.23. The average Bonchev–Trinajstić information content (AvgIpc) is 2.95. The highest BCUT2D eigenvalue weighted by Gasteiger charge is 2.54. The van der Waals surface area contributed by atoms with E-state index < -0.39 is 48.9 Å². The van der Waals surface area contributed by atoms with Crippen LogP contribution in [0.15, 0.2) is 91.0 Å². The molecule has 186 valence electrons. The molecule has 6 atom stereocenters. The van der Waals surface area contributed by atoms with Gasteiger partial charge in [0.15, 0.2) is 24.8 Å². The summed E-state index contributed by atoms with van der Waals surface area (Å²) in [5, 5.41) is 0. The van der Waals surface area contributed by atoms with E-state index in [9.17, 15) is 9.59 Å². The van der Waals surface area contributed by atoms with Crippen molar-refractivity contribution in [3.05, 3.63) is 108 Å². The van der Waals surface area contributed by atoms with Crippen molar-refractivity contribution in [1.82, 2.24) is 0 Å². The molecule has 2 fully saturated rings. The summed E-state index contributed by atoms with van der Waals surface area (Å²) in [5.41, 5.74) is 1.50. The van der Waals surface area contributed by atoms with Crippen LogP contribution >= 0.6 is 0 Å². The van der Waals surface area contributed by atoms with Gasteiger partial charge in [-0.05, 0) is 24.3 Å². The SMILES string of the molecule is CO[C@H]1O[C@@H]2COC(c3ccccc3)O[C@H]2[C@H](OC(=O)c2ccccc2)[C@@H]1OC(=O)c1ccccc1. The lowest BCUT2D eigenvalue weighted by Gasteiger charge is -2.47. The van der Waals surface area contributed by atoms with Gasteiger partial charge >= 0.3 is 11.9 Å². The molecule has 36 heavy (non-hydrogen) atoms. The van der Waals surface area contributed by atoms with Gasteiger partial charge in [-0.1, -0.05) is 66.7 Å². The van der Waals surface area contributed by atoms with Gasteiger partial charge in [-0.2, -0.15) is 0 Å². The molecule has 5 rings (SSSR count). The molecule has 3 aromatic rings. The van der Waals surface area contributed by atoms with Crippen molar-refractivity contribution in [3.63, 3.8) is 0 Å². The normalized spacial score (nSPS) is 27.5. The first-order valence-corrected chi connectivity index (χ1v) is 11.7. The lowest BCUT2D eigenvalue weighted by molar-refractivity contribution is -0.356. The summed E-state index contributed by atoms with van der Waals surface area (Å²) < 4.78 is 35.5. The van der Waals surface area contributed by atoms with E-state index in [4.69, 9.17) is 28.4 Å². The third kappa shape index (κ3) is 5.17. The van der Waals surface area contributed by atoms with Crippen molar-refractivity contribution in [1.29, 1.82) is 0 Å². The van der Waals surface area contributed by atoms with Gasteiger partial charge in [0.2, 0.25) is 0 Å². The molecule has 2 heterocycles. The van der Waals surface area contributed by atoms with Crippen LogP contribution in [-0.4, -0.2) is 56.4 Å². The molecular weight excluding hydrogens is 464 g/mol. The summed E-state index contributed by atoms with van der Waals surface area (Å²) in [5.74, 6) is -1.18. The average molecular weight is 491 g/mol. The molecule has 8 nitrogen and oxygen atoms in total. The van der Waals surface area contributed by atoms with Crippen LogP contribution in [0.1, 0.15) is 32.6 Å². The fourth-order valence-corrected chi connectivity index (χ4v) is 4.31. The molecule has 0 amide bonds. The highest BCUT2D eigenvalue weighted by Crippen LogP contribution is 2.37. The first kappa shape index (κ1) is 24.1. The van der Waals surface area contributed by atoms with E-state index in [2.05, 4.69) is 0 Å². The molecule has 2 saturated heterocycles. The number of rotatable bonds is 6. The zero-order valence-electron chi connectivity index (χ0n) is 19.6. The van der Waals surface area contributed by atoms with E-state index in [-0.39, 0.29) is 6.61 Å². The molecule has 0 saturated carbocycles. The van der Waals surface area contributed by atoms with Crippen molar-refractivity contribution in [3.8, 4) is 0 Å². The summed E-state index contributed by atoms with van der Waals surface area (Å²) >= 11 is 0. The van der Waals surface area contributed by atoms with Crippen LogP contribution < -0.4 is 0 Å². The Morgan fingerprint density at radius 2 is 1.25 bits per heavy atom. The van der Waals surface area contributed by atoms with Crippen LogP contribution in [-0.2, 0) is 28.4 Å². The van der Waals surface area contributed by atoms with Crippen molar-refractivity contribution in [2.45, 2.75) is 37.0 Å². The van der Waals surface area contributed by atoms with Gasteiger partial charge in [-0.15, -0.1) is 0 Å². The largest absolute Gasteiger partial charge is 0.452 e. The number of fused-ring (bicyclic) bond motifs is 1. The lowest BCUT2D eigenvalue weighted by Crippen LogP contribution is -2.64. The molecular formula is C28H26O8. The van der Waals surface area contributed by atoms with E-state index >= 15 is 0 Å². The van der Waals surface area contributed by atoms with Crippen molar-refractivity contribution in [2.75, 3.05) is 13.7 Å². The minimum absolute atomic E-state index is 0.169. The second kappa shape index (κ2) is 11.0. The number of carbonyl (C=O) groups is 2. The molecule has 0 radical (unpaired) electrons. The van der Waals surface area contributed by atoms with Gasteiger partial charge in [0.1, 0.15) is 12.2 Å². The monoisotopic (exact) mass is 490 g/mol. The van der Waals surface area contributed by atoms with Crippen LogP contribution in [0.5, 0.6) is 0 Å². The molecule has 0 aromatic heterocycles. The molecule has 8 heteroatoms. The standard InChI is InChI=1S/C28H26O8/c1-31-28-24(35-26(30)19-13-7-3-8-14-19)23(34-25(29)18-11-5-2-6-12-18)22-21(33-28)17-32-27(36-22)20-15-9-4-10-16-20/h2-16,21-24,27-28H,17H2,1H3/t21-,22-,23+,24+,27?,28+/m1/s1.